The van der Waals surface area contributed by atoms with Crippen molar-refractivity contribution < 1.29 is 19.4 Å². The quantitative estimate of drug-likeness (QED) is 0.661. The molecule has 2 amide bonds. The Labute approximate surface area is 129 Å². The van der Waals surface area contributed by atoms with Crippen LogP contribution in [0.25, 0.3) is 0 Å². The summed E-state index contributed by atoms with van der Waals surface area (Å²) in [5, 5.41) is 11.9. The van der Waals surface area contributed by atoms with Crippen molar-refractivity contribution in [2.24, 2.45) is 5.73 Å². The number of nitrogens with two attached hydrogens (primary N) is 1. The lowest BCUT2D eigenvalue weighted by molar-refractivity contribution is 0.0303. The summed E-state index contributed by atoms with van der Waals surface area (Å²) in [7, 11) is 0. The molecular formula is C15H21N3O4. The summed E-state index contributed by atoms with van der Waals surface area (Å²) in [5.41, 5.74) is 6.24. The van der Waals surface area contributed by atoms with Crippen LogP contribution in [0.5, 0.6) is 0 Å². The second kappa shape index (κ2) is 7.88. The van der Waals surface area contributed by atoms with Gasteiger partial charge in [0.05, 0.1) is 19.3 Å². The van der Waals surface area contributed by atoms with E-state index in [0.717, 1.165) is 0 Å². The van der Waals surface area contributed by atoms with Crippen LogP contribution in [-0.4, -0.2) is 67.3 Å². The number of hydrogen-bond donors (Lipinski definition) is 3. The first kappa shape index (κ1) is 16.4. The summed E-state index contributed by atoms with van der Waals surface area (Å²) in [6, 6.07) is 6.45. The van der Waals surface area contributed by atoms with Crippen LogP contribution in [0.2, 0.25) is 0 Å². The summed E-state index contributed by atoms with van der Waals surface area (Å²) in [6.07, 6.45) is -0.758. The number of aliphatic hydroxyl groups excluding tert-OH is 1. The molecule has 1 saturated heterocycles. The third-order valence-electron chi connectivity index (χ3n) is 3.46. The van der Waals surface area contributed by atoms with E-state index in [1.807, 2.05) is 0 Å². The van der Waals surface area contributed by atoms with E-state index in [2.05, 4.69) is 5.32 Å². The minimum atomic E-state index is -0.758. The molecule has 7 nitrogen and oxygen atoms in total. The van der Waals surface area contributed by atoms with Crippen LogP contribution in [-0.2, 0) is 4.74 Å². The Morgan fingerprint density at radius 3 is 2.41 bits per heavy atom. The lowest BCUT2D eigenvalue weighted by atomic mass is 10.1. The minimum absolute atomic E-state index is 0.0613. The van der Waals surface area contributed by atoms with Crippen molar-refractivity contribution in [1.82, 2.24) is 10.2 Å². The van der Waals surface area contributed by atoms with Gasteiger partial charge < -0.3 is 25.8 Å². The van der Waals surface area contributed by atoms with Gasteiger partial charge in [-0.05, 0) is 24.3 Å². The third kappa shape index (κ3) is 4.27. The number of benzene rings is 1. The first-order chi connectivity index (χ1) is 10.6. The summed E-state index contributed by atoms with van der Waals surface area (Å²) in [6.45, 7) is 2.46. The predicted octanol–water partition coefficient (Wildman–Crippen LogP) is -0.792. The lowest BCUT2D eigenvalue weighted by Crippen LogP contribution is -2.40. The molecule has 1 aliphatic rings. The van der Waals surface area contributed by atoms with Gasteiger partial charge in [0.2, 0.25) is 0 Å². The zero-order chi connectivity index (χ0) is 15.9. The number of amides is 2. The van der Waals surface area contributed by atoms with Crippen LogP contribution in [0.1, 0.15) is 20.7 Å². The van der Waals surface area contributed by atoms with E-state index in [9.17, 15) is 14.7 Å². The average molecular weight is 307 g/mol. The zero-order valence-corrected chi connectivity index (χ0v) is 12.3. The molecule has 4 N–H and O–H groups in total. The largest absolute Gasteiger partial charge is 0.390 e. The number of carbonyl (C=O) groups is 2. The molecule has 0 bridgehead atoms. The van der Waals surface area contributed by atoms with E-state index >= 15 is 0 Å². The van der Waals surface area contributed by atoms with E-state index < -0.39 is 6.10 Å². The molecule has 120 valence electrons. The van der Waals surface area contributed by atoms with Crippen LogP contribution in [0.4, 0.5) is 0 Å². The molecular weight excluding hydrogens is 286 g/mol. The first-order valence-electron chi connectivity index (χ1n) is 7.25. The van der Waals surface area contributed by atoms with Crippen molar-refractivity contribution in [3.05, 3.63) is 35.4 Å². The third-order valence-corrected chi connectivity index (χ3v) is 3.46. The minimum Gasteiger partial charge on any atom is -0.390 e. The Balaban J connectivity index is 1.94. The van der Waals surface area contributed by atoms with Crippen molar-refractivity contribution in [1.29, 1.82) is 0 Å². The van der Waals surface area contributed by atoms with Gasteiger partial charge in [-0.1, -0.05) is 0 Å². The fourth-order valence-electron chi connectivity index (χ4n) is 2.11. The lowest BCUT2D eigenvalue weighted by Gasteiger charge is -2.26. The number of nitrogens with zero attached hydrogens (tertiary/aromatic N) is 1. The number of rotatable bonds is 5. The molecule has 0 saturated carbocycles. The first-order valence-corrected chi connectivity index (χ1v) is 7.25. The van der Waals surface area contributed by atoms with Gasteiger partial charge in [-0.25, -0.2) is 0 Å². The van der Waals surface area contributed by atoms with Gasteiger partial charge in [0.15, 0.2) is 0 Å². The average Bonchev–Trinajstić information content (AvgIpc) is 2.59. The van der Waals surface area contributed by atoms with Gasteiger partial charge in [0, 0.05) is 37.3 Å². The Morgan fingerprint density at radius 2 is 1.82 bits per heavy atom. The van der Waals surface area contributed by atoms with Gasteiger partial charge in [-0.2, -0.15) is 0 Å². The number of ether oxygens (including phenoxy) is 1. The summed E-state index contributed by atoms with van der Waals surface area (Å²) >= 11 is 0. The molecule has 7 heteroatoms. The Hall–Kier alpha value is -1.96. The van der Waals surface area contributed by atoms with E-state index in [4.69, 9.17) is 10.5 Å². The fourth-order valence-corrected chi connectivity index (χ4v) is 2.11. The summed E-state index contributed by atoms with van der Waals surface area (Å²) in [4.78, 5) is 25.9. The second-order valence-electron chi connectivity index (χ2n) is 5.08. The smallest absolute Gasteiger partial charge is 0.254 e. The number of hydrogen-bond acceptors (Lipinski definition) is 5. The molecule has 0 spiro atoms. The van der Waals surface area contributed by atoms with E-state index in [1.54, 1.807) is 29.2 Å². The monoisotopic (exact) mass is 307 g/mol. The van der Waals surface area contributed by atoms with E-state index in [-0.39, 0.29) is 24.9 Å². The van der Waals surface area contributed by atoms with Gasteiger partial charge in [-0.3, -0.25) is 9.59 Å². The number of morpholine rings is 1. The molecule has 1 atom stereocenters. The maximum absolute atomic E-state index is 12.3. The van der Waals surface area contributed by atoms with Crippen LogP contribution in [0.3, 0.4) is 0 Å². The topological polar surface area (TPSA) is 105 Å². The van der Waals surface area contributed by atoms with Gasteiger partial charge in [-0.15, -0.1) is 0 Å². The van der Waals surface area contributed by atoms with Crippen LogP contribution in [0.15, 0.2) is 24.3 Å². The van der Waals surface area contributed by atoms with Gasteiger partial charge in [0.1, 0.15) is 0 Å². The molecule has 1 aromatic rings. The van der Waals surface area contributed by atoms with E-state index in [1.165, 1.54) is 0 Å². The standard InChI is InChI=1S/C15H21N3O4/c16-9-13(19)10-17-14(20)11-1-3-12(4-2-11)15(21)18-5-7-22-8-6-18/h1-4,13,19H,5-10,16H2,(H,17,20). The number of carbonyl (C=O) groups excluding carboxylic acids is 2. The van der Waals surface area contributed by atoms with Crippen LogP contribution in [0, 0.1) is 0 Å². The number of nitrogens with one attached hydrogen (secondary N) is 1. The second-order valence-corrected chi connectivity index (χ2v) is 5.08. The highest BCUT2D eigenvalue weighted by atomic mass is 16.5. The highest BCUT2D eigenvalue weighted by molar-refractivity contribution is 5.97. The van der Waals surface area contributed by atoms with Crippen molar-refractivity contribution in [3.63, 3.8) is 0 Å². The molecule has 0 aliphatic carbocycles. The molecule has 0 aromatic heterocycles. The molecule has 22 heavy (non-hydrogen) atoms. The summed E-state index contributed by atoms with van der Waals surface area (Å²) < 4.78 is 5.22. The molecule has 1 heterocycles. The molecule has 1 unspecified atom stereocenters. The highest BCUT2D eigenvalue weighted by Gasteiger charge is 2.18. The maximum Gasteiger partial charge on any atom is 0.254 e. The predicted molar refractivity (Wildman–Crippen MR) is 80.6 cm³/mol. The van der Waals surface area contributed by atoms with Crippen LogP contribution >= 0.6 is 0 Å². The zero-order valence-electron chi connectivity index (χ0n) is 12.3. The van der Waals surface area contributed by atoms with Crippen molar-refractivity contribution in [3.8, 4) is 0 Å². The maximum atomic E-state index is 12.3. The fraction of sp³-hybridized carbons (Fsp3) is 0.467. The normalized spacial score (nSPS) is 16.2. The molecule has 1 aromatic carbocycles. The number of aliphatic hydroxyl groups is 1. The highest BCUT2D eigenvalue weighted by Crippen LogP contribution is 2.09. The van der Waals surface area contributed by atoms with E-state index in [0.29, 0.717) is 37.4 Å². The molecule has 0 radical (unpaired) electrons. The SMILES string of the molecule is NCC(O)CNC(=O)c1ccc(C(=O)N2CCOCC2)cc1. The van der Waals surface area contributed by atoms with Crippen molar-refractivity contribution in [2.45, 2.75) is 6.10 Å². The van der Waals surface area contributed by atoms with Crippen LogP contribution < -0.4 is 11.1 Å². The summed E-state index contributed by atoms with van der Waals surface area (Å²) in [5.74, 6) is -0.369. The van der Waals surface area contributed by atoms with Crippen molar-refractivity contribution in [2.75, 3.05) is 39.4 Å². The van der Waals surface area contributed by atoms with Gasteiger partial charge >= 0.3 is 0 Å². The Morgan fingerprint density at radius 1 is 1.23 bits per heavy atom. The Bertz CT molecular complexity index is 512. The Kier molecular flexibility index (Phi) is 5.88. The molecule has 1 aliphatic heterocycles. The van der Waals surface area contributed by atoms with Crippen molar-refractivity contribution >= 4 is 11.8 Å². The molecule has 2 rings (SSSR count). The molecule has 1 fully saturated rings. The van der Waals surface area contributed by atoms with Gasteiger partial charge in [0.25, 0.3) is 11.8 Å².